The summed E-state index contributed by atoms with van der Waals surface area (Å²) in [5.41, 5.74) is 8.36. The Bertz CT molecular complexity index is 1250. The Hall–Kier alpha value is -4.10. The monoisotopic (exact) mass is 508 g/mol. The van der Waals surface area contributed by atoms with Gasteiger partial charge in [-0.3, -0.25) is 14.6 Å². The molecule has 0 aliphatic heterocycles. The molecule has 1 aromatic carbocycles. The van der Waals surface area contributed by atoms with Gasteiger partial charge in [0, 0.05) is 29.8 Å². The number of amides is 2. The third-order valence-electron chi connectivity index (χ3n) is 5.46. The molecule has 7 N–H and O–H groups in total. The number of H-pyrrole nitrogens is 1. The Morgan fingerprint density at radius 3 is 2.38 bits per heavy atom. The van der Waals surface area contributed by atoms with Crippen molar-refractivity contribution in [3.05, 3.63) is 58.7 Å². The summed E-state index contributed by atoms with van der Waals surface area (Å²) in [4.78, 5) is 28.6. The van der Waals surface area contributed by atoms with Gasteiger partial charge in [0.25, 0.3) is 11.8 Å². The Kier molecular flexibility index (Phi) is 8.90. The molecule has 37 heavy (non-hydrogen) atoms. The van der Waals surface area contributed by atoms with E-state index in [1.54, 1.807) is 24.3 Å². The molecule has 10 heteroatoms. The number of aryl methyl sites for hydroxylation is 1. The molecule has 2 amide bonds. The maximum atomic E-state index is 13.2. The van der Waals surface area contributed by atoms with Gasteiger partial charge in [-0.05, 0) is 30.0 Å². The first kappa shape index (κ1) is 29.1. The molecule has 0 saturated heterocycles. The van der Waals surface area contributed by atoms with Crippen LogP contribution in [-0.4, -0.2) is 25.5 Å². The number of pyridine rings is 1. The lowest BCUT2D eigenvalue weighted by molar-refractivity contribution is -0.401. The number of nitrogens with two attached hydrogens (primary N) is 2. The SMILES string of the molecule is COc1c(NC(=O)c2ccc(C)c(N(N)/C=C(\N)C(=O)NCC(C)(C)C)c2)cc(C(C)(C)C)[nH+]c1C#N. The highest BCUT2D eigenvalue weighted by molar-refractivity contribution is 6.06. The average molecular weight is 509 g/mol. The van der Waals surface area contributed by atoms with Crippen LogP contribution in [0, 0.1) is 23.7 Å². The van der Waals surface area contributed by atoms with E-state index >= 15 is 0 Å². The summed E-state index contributed by atoms with van der Waals surface area (Å²) in [7, 11) is 1.43. The van der Waals surface area contributed by atoms with Crippen molar-refractivity contribution in [3.8, 4) is 11.8 Å². The molecule has 0 aliphatic carbocycles. The topological polar surface area (TPSA) is 161 Å². The van der Waals surface area contributed by atoms with Crippen LogP contribution in [0.15, 0.2) is 36.2 Å². The number of nitrogens with one attached hydrogen (secondary N) is 3. The summed E-state index contributed by atoms with van der Waals surface area (Å²) < 4.78 is 5.40. The number of ether oxygens (including phenoxy) is 1. The van der Waals surface area contributed by atoms with E-state index in [2.05, 4.69) is 21.7 Å². The summed E-state index contributed by atoms with van der Waals surface area (Å²) in [5, 5.41) is 16.4. The van der Waals surface area contributed by atoms with E-state index in [0.29, 0.717) is 23.5 Å². The highest BCUT2D eigenvalue weighted by Crippen LogP contribution is 2.31. The van der Waals surface area contributed by atoms with Crippen molar-refractivity contribution in [1.82, 2.24) is 5.32 Å². The van der Waals surface area contributed by atoms with Crippen LogP contribution in [0.2, 0.25) is 0 Å². The fourth-order valence-electron chi connectivity index (χ4n) is 3.31. The smallest absolute Gasteiger partial charge is 0.326 e. The molecule has 0 bridgehead atoms. The van der Waals surface area contributed by atoms with E-state index in [0.717, 1.165) is 11.3 Å². The zero-order valence-electron chi connectivity index (χ0n) is 22.9. The number of hydrogen-bond donors (Lipinski definition) is 4. The minimum Gasteiger partial charge on any atom is -0.488 e. The second-order valence-electron chi connectivity index (χ2n) is 11.1. The highest BCUT2D eigenvalue weighted by Gasteiger charge is 2.28. The number of hydrogen-bond acceptors (Lipinski definition) is 7. The van der Waals surface area contributed by atoms with E-state index < -0.39 is 11.8 Å². The van der Waals surface area contributed by atoms with Gasteiger partial charge < -0.3 is 21.1 Å². The quantitative estimate of drug-likeness (QED) is 0.254. The molecule has 0 spiro atoms. The Balaban J connectivity index is 2.36. The number of carbonyl (C=O) groups is 2. The van der Waals surface area contributed by atoms with Crippen LogP contribution in [0.5, 0.6) is 5.75 Å². The summed E-state index contributed by atoms with van der Waals surface area (Å²) in [6, 6.07) is 8.83. The van der Waals surface area contributed by atoms with Gasteiger partial charge in [0.1, 0.15) is 5.70 Å². The van der Waals surface area contributed by atoms with Gasteiger partial charge in [0.05, 0.1) is 18.5 Å². The minimum absolute atomic E-state index is 0.0648. The lowest BCUT2D eigenvalue weighted by atomic mass is 9.91. The van der Waals surface area contributed by atoms with Gasteiger partial charge >= 0.3 is 5.69 Å². The van der Waals surface area contributed by atoms with Crippen LogP contribution in [0.25, 0.3) is 0 Å². The maximum absolute atomic E-state index is 13.2. The van der Waals surface area contributed by atoms with E-state index in [1.165, 1.54) is 18.3 Å². The number of carbonyl (C=O) groups excluding carboxylic acids is 2. The average Bonchev–Trinajstić information content (AvgIpc) is 2.80. The van der Waals surface area contributed by atoms with E-state index in [1.807, 2.05) is 48.5 Å². The number of nitriles is 1. The molecule has 2 aromatic rings. The lowest BCUT2D eigenvalue weighted by Crippen LogP contribution is -2.37. The van der Waals surface area contributed by atoms with E-state index in [-0.39, 0.29) is 28.0 Å². The second-order valence-corrected chi connectivity index (χ2v) is 11.1. The number of nitrogens with zero attached hydrogens (tertiary/aromatic N) is 2. The van der Waals surface area contributed by atoms with Crippen molar-refractivity contribution in [2.45, 2.75) is 53.9 Å². The van der Waals surface area contributed by atoms with Crippen LogP contribution in [0.3, 0.4) is 0 Å². The minimum atomic E-state index is -0.437. The van der Waals surface area contributed by atoms with Crippen LogP contribution >= 0.6 is 0 Å². The van der Waals surface area contributed by atoms with Gasteiger partial charge in [-0.2, -0.15) is 10.2 Å². The van der Waals surface area contributed by atoms with Crippen molar-refractivity contribution in [3.63, 3.8) is 0 Å². The number of aromatic amines is 1. The number of anilines is 2. The van der Waals surface area contributed by atoms with Crippen molar-refractivity contribution in [2.75, 3.05) is 24.0 Å². The third-order valence-corrected chi connectivity index (χ3v) is 5.46. The number of methoxy groups -OCH3 is 1. The summed E-state index contributed by atoms with van der Waals surface area (Å²) in [6.45, 7) is 14.2. The maximum Gasteiger partial charge on any atom is 0.326 e. The molecule has 1 heterocycles. The fraction of sp³-hybridized carbons (Fsp3) is 0.407. The van der Waals surface area contributed by atoms with Gasteiger partial charge in [0.2, 0.25) is 5.75 Å². The molecule has 198 valence electrons. The molecule has 0 aliphatic rings. The highest BCUT2D eigenvalue weighted by atomic mass is 16.5. The van der Waals surface area contributed by atoms with Crippen LogP contribution in [-0.2, 0) is 10.2 Å². The molecule has 1 aromatic heterocycles. The number of benzene rings is 1. The number of aromatic nitrogens is 1. The van der Waals surface area contributed by atoms with Crippen molar-refractivity contribution in [1.29, 1.82) is 5.26 Å². The predicted molar refractivity (Wildman–Crippen MR) is 143 cm³/mol. The Labute approximate surface area is 218 Å². The van der Waals surface area contributed by atoms with Crippen LogP contribution < -0.4 is 36.9 Å². The van der Waals surface area contributed by atoms with Crippen LogP contribution in [0.1, 0.15) is 68.9 Å². The third kappa shape index (κ3) is 7.69. The number of rotatable bonds is 7. The predicted octanol–water partition coefficient (Wildman–Crippen LogP) is 2.88. The van der Waals surface area contributed by atoms with Crippen LogP contribution in [0.4, 0.5) is 11.4 Å². The fourth-order valence-corrected chi connectivity index (χ4v) is 3.31. The first-order valence-corrected chi connectivity index (χ1v) is 11.8. The first-order valence-electron chi connectivity index (χ1n) is 11.8. The summed E-state index contributed by atoms with van der Waals surface area (Å²) >= 11 is 0. The largest absolute Gasteiger partial charge is 0.488 e. The Morgan fingerprint density at radius 1 is 1.19 bits per heavy atom. The summed E-state index contributed by atoms with van der Waals surface area (Å²) in [5.74, 6) is 5.56. The first-order chi connectivity index (χ1) is 17.1. The lowest BCUT2D eigenvalue weighted by Gasteiger charge is -2.20. The molecule has 10 nitrogen and oxygen atoms in total. The second kappa shape index (κ2) is 11.3. The molecule has 0 saturated carbocycles. The van der Waals surface area contributed by atoms with Gasteiger partial charge in [-0.25, -0.2) is 5.84 Å². The molecule has 0 fully saturated rings. The zero-order valence-corrected chi connectivity index (χ0v) is 22.9. The Morgan fingerprint density at radius 2 is 1.84 bits per heavy atom. The summed E-state index contributed by atoms with van der Waals surface area (Å²) in [6.07, 6.45) is 1.31. The van der Waals surface area contributed by atoms with Gasteiger partial charge in [-0.1, -0.05) is 47.6 Å². The van der Waals surface area contributed by atoms with Crippen molar-refractivity contribution < 1.29 is 19.3 Å². The van der Waals surface area contributed by atoms with E-state index in [9.17, 15) is 14.9 Å². The molecular formula is C27H38N7O3+. The van der Waals surface area contributed by atoms with E-state index in [4.69, 9.17) is 16.3 Å². The molecular weight excluding hydrogens is 470 g/mol. The van der Waals surface area contributed by atoms with Gasteiger partial charge in [0.15, 0.2) is 11.8 Å². The molecule has 0 radical (unpaired) electrons. The molecule has 0 atom stereocenters. The van der Waals surface area contributed by atoms with Crippen molar-refractivity contribution in [2.24, 2.45) is 17.0 Å². The van der Waals surface area contributed by atoms with Crippen molar-refractivity contribution >= 4 is 23.2 Å². The molecule has 0 unspecified atom stereocenters. The standard InChI is InChI=1S/C27H37N7O3/c1-16-9-10-17(11-21(16)34(30)14-18(29)25(36)31-15-26(2,3)4)24(35)33-19-12-22(27(5,6)7)32-20(13-28)23(19)37-8/h9-12,14H,15,29-30H2,1-8H3,(H,31,36)(H,32,33,35)/p+1/b18-14-. The van der Waals surface area contributed by atoms with Gasteiger partial charge in [-0.15, -0.1) is 0 Å². The zero-order chi connectivity index (χ0) is 28.1. The normalized spacial score (nSPS) is 11.9. The molecule has 2 rings (SSSR count). The number of hydrazine groups is 1.